The second-order valence-electron chi connectivity index (χ2n) is 6.26. The Hall–Kier alpha value is -3.60. The molecule has 0 saturated heterocycles. The minimum atomic E-state index is -0.952. The Balaban J connectivity index is 0.00000155. The number of carboxylic acid groups (broad SMARTS) is 1. The van der Waals surface area contributed by atoms with E-state index in [0.717, 1.165) is 39.4 Å². The molecular weight excluding hydrogens is 376 g/mol. The number of hydrogen-bond acceptors (Lipinski definition) is 4. The van der Waals surface area contributed by atoms with E-state index in [4.69, 9.17) is 4.74 Å². The number of nitrogens with zero attached hydrogens (tertiary/aromatic N) is 1. The van der Waals surface area contributed by atoms with Crippen molar-refractivity contribution in [1.29, 1.82) is 0 Å². The number of methoxy groups -OCH3 is 1. The molecule has 30 heavy (non-hydrogen) atoms. The molecule has 0 radical (unpaired) electrons. The Morgan fingerprint density at radius 2 is 1.90 bits per heavy atom. The second-order valence-corrected chi connectivity index (χ2v) is 6.26. The highest BCUT2D eigenvalue weighted by Gasteiger charge is 2.16. The number of nitrogens with one attached hydrogen (secondary N) is 1. The summed E-state index contributed by atoms with van der Waals surface area (Å²) in [5.41, 5.74) is 4.61. The van der Waals surface area contributed by atoms with E-state index in [1.165, 1.54) is 0 Å². The average Bonchev–Trinajstić information content (AvgIpc) is 3.02. The highest BCUT2D eigenvalue weighted by atomic mass is 16.5. The molecule has 0 fully saturated rings. The third-order valence-electron chi connectivity index (χ3n) is 4.62. The maximum Gasteiger partial charge on any atom is 0.335 e. The zero-order valence-electron chi connectivity index (χ0n) is 17.9. The van der Waals surface area contributed by atoms with Crippen LogP contribution in [0.4, 0.5) is 0 Å². The molecule has 0 aliphatic carbocycles. The van der Waals surface area contributed by atoms with E-state index in [1.807, 2.05) is 57.3 Å². The molecule has 156 valence electrons. The Kier molecular flexibility index (Phi) is 8.18. The van der Waals surface area contributed by atoms with Crippen molar-refractivity contribution in [2.24, 2.45) is 4.99 Å². The largest absolute Gasteiger partial charge is 0.496 e. The molecule has 2 N–H and O–H groups in total. The van der Waals surface area contributed by atoms with Gasteiger partial charge < -0.3 is 15.2 Å². The van der Waals surface area contributed by atoms with Crippen molar-refractivity contribution in [3.05, 3.63) is 89.3 Å². The Bertz CT molecular complexity index is 1020. The normalized spacial score (nSPS) is 12.9. The fourth-order valence-electron chi connectivity index (χ4n) is 3.14. The lowest BCUT2D eigenvalue weighted by molar-refractivity contribution is 0.0697. The monoisotopic (exact) mass is 404 g/mol. The van der Waals surface area contributed by atoms with Crippen LogP contribution >= 0.6 is 0 Å². The smallest absolute Gasteiger partial charge is 0.335 e. The van der Waals surface area contributed by atoms with Gasteiger partial charge in [-0.2, -0.15) is 0 Å². The fourth-order valence-corrected chi connectivity index (χ4v) is 3.14. The minimum absolute atomic E-state index is 0.247. The van der Waals surface area contributed by atoms with Gasteiger partial charge in [0.25, 0.3) is 0 Å². The van der Waals surface area contributed by atoms with Gasteiger partial charge in [0, 0.05) is 24.4 Å². The summed E-state index contributed by atoms with van der Waals surface area (Å²) in [7, 11) is 3.45. The van der Waals surface area contributed by atoms with E-state index < -0.39 is 5.97 Å². The first-order valence-corrected chi connectivity index (χ1v) is 9.86. The molecule has 1 aliphatic heterocycles. The maximum atomic E-state index is 11.3. The summed E-state index contributed by atoms with van der Waals surface area (Å²) >= 11 is 0. The lowest BCUT2D eigenvalue weighted by Crippen LogP contribution is -2.08. The highest BCUT2D eigenvalue weighted by Crippen LogP contribution is 2.34. The average molecular weight is 405 g/mol. The van der Waals surface area contributed by atoms with Crippen LogP contribution < -0.4 is 10.1 Å². The molecule has 5 heteroatoms. The predicted octanol–water partition coefficient (Wildman–Crippen LogP) is 5.42. The van der Waals surface area contributed by atoms with E-state index in [9.17, 15) is 9.90 Å². The van der Waals surface area contributed by atoms with Crippen LogP contribution in [0.1, 0.15) is 41.8 Å². The standard InChI is InChI=1S/C23H22N2O3.C2H6/c1-15(19-9-4-5-10-21(19)28-3)20-12-11-18(14-25-22(20)24-2)16-7-6-8-17(13-16)23(26)27;1-2/h4-11,13-14,24H,1,12H2,2-3H3,(H,26,27);1-2H3. The highest BCUT2D eigenvalue weighted by molar-refractivity contribution is 6.11. The van der Waals surface area contributed by atoms with Crippen molar-refractivity contribution in [1.82, 2.24) is 5.32 Å². The zero-order valence-corrected chi connectivity index (χ0v) is 17.9. The van der Waals surface area contributed by atoms with Crippen LogP contribution in [0.2, 0.25) is 0 Å². The second kappa shape index (κ2) is 10.8. The number of carbonyl (C=O) groups is 1. The van der Waals surface area contributed by atoms with Crippen molar-refractivity contribution >= 4 is 23.3 Å². The quantitative estimate of drug-likeness (QED) is 0.674. The summed E-state index contributed by atoms with van der Waals surface area (Å²) in [5, 5.41) is 12.4. The number of benzene rings is 2. The van der Waals surface area contributed by atoms with Crippen LogP contribution in [0.25, 0.3) is 11.1 Å². The molecule has 0 unspecified atom stereocenters. The molecule has 0 bridgehead atoms. The summed E-state index contributed by atoms with van der Waals surface area (Å²) in [5.74, 6) is 0.519. The van der Waals surface area contributed by atoms with Gasteiger partial charge in [0.1, 0.15) is 11.6 Å². The molecule has 5 nitrogen and oxygen atoms in total. The first-order valence-electron chi connectivity index (χ1n) is 9.86. The first-order chi connectivity index (χ1) is 14.5. The van der Waals surface area contributed by atoms with E-state index in [0.29, 0.717) is 6.42 Å². The minimum Gasteiger partial charge on any atom is -0.496 e. The van der Waals surface area contributed by atoms with Crippen LogP contribution in [-0.4, -0.2) is 31.4 Å². The summed E-state index contributed by atoms with van der Waals surface area (Å²) in [4.78, 5) is 15.8. The molecular formula is C25H28N2O3. The number of hydrogen-bond donors (Lipinski definition) is 2. The van der Waals surface area contributed by atoms with Gasteiger partial charge in [0.15, 0.2) is 0 Å². The van der Waals surface area contributed by atoms with Gasteiger partial charge in [0.2, 0.25) is 0 Å². The summed E-state index contributed by atoms with van der Waals surface area (Å²) in [6, 6.07) is 14.6. The number of aromatic carboxylic acids is 1. The van der Waals surface area contributed by atoms with Gasteiger partial charge in [-0.1, -0.05) is 56.8 Å². The molecule has 2 aromatic rings. The predicted molar refractivity (Wildman–Crippen MR) is 124 cm³/mol. The van der Waals surface area contributed by atoms with Crippen molar-refractivity contribution in [2.75, 3.05) is 14.2 Å². The lowest BCUT2D eigenvalue weighted by Gasteiger charge is -2.15. The van der Waals surface area contributed by atoms with Gasteiger partial charge in [0.05, 0.1) is 12.7 Å². The fraction of sp³-hybridized carbons (Fsp3) is 0.200. The molecule has 0 spiro atoms. The van der Waals surface area contributed by atoms with E-state index in [2.05, 4.69) is 16.9 Å². The van der Waals surface area contributed by atoms with E-state index in [1.54, 1.807) is 31.5 Å². The van der Waals surface area contributed by atoms with Gasteiger partial charge in [-0.05, 0) is 41.3 Å². The molecule has 0 amide bonds. The number of para-hydroxylation sites is 1. The van der Waals surface area contributed by atoms with Gasteiger partial charge in [-0.15, -0.1) is 0 Å². The van der Waals surface area contributed by atoms with E-state index >= 15 is 0 Å². The van der Waals surface area contributed by atoms with Crippen LogP contribution in [0, 0.1) is 0 Å². The number of carboxylic acids is 1. The van der Waals surface area contributed by atoms with Crippen molar-refractivity contribution in [2.45, 2.75) is 20.3 Å². The van der Waals surface area contributed by atoms with Crippen molar-refractivity contribution < 1.29 is 14.6 Å². The van der Waals surface area contributed by atoms with Gasteiger partial charge in [-0.3, -0.25) is 0 Å². The Morgan fingerprint density at radius 3 is 2.57 bits per heavy atom. The van der Waals surface area contributed by atoms with Crippen LogP contribution in [0.15, 0.2) is 77.6 Å². The zero-order chi connectivity index (χ0) is 22.1. The number of allylic oxidation sites excluding steroid dienone is 4. The SMILES string of the molecule is C=C(C1=C(NC)N=CC(c2cccc(C(=O)O)c2)=CC1)c1ccccc1OC.CC. The van der Waals surface area contributed by atoms with E-state index in [-0.39, 0.29) is 5.56 Å². The van der Waals surface area contributed by atoms with Crippen LogP contribution in [0.5, 0.6) is 5.75 Å². The topological polar surface area (TPSA) is 70.9 Å². The number of aliphatic imine (C=N–C) groups is 1. The molecule has 1 heterocycles. The van der Waals surface area contributed by atoms with Crippen molar-refractivity contribution in [3.63, 3.8) is 0 Å². The number of rotatable bonds is 6. The Morgan fingerprint density at radius 1 is 1.17 bits per heavy atom. The molecule has 0 atom stereocenters. The van der Waals surface area contributed by atoms with Crippen LogP contribution in [-0.2, 0) is 0 Å². The third-order valence-corrected chi connectivity index (χ3v) is 4.62. The van der Waals surface area contributed by atoms with Gasteiger partial charge in [-0.25, -0.2) is 9.79 Å². The number of ether oxygens (including phenoxy) is 1. The molecule has 3 rings (SSSR count). The van der Waals surface area contributed by atoms with Crippen molar-refractivity contribution in [3.8, 4) is 5.75 Å². The van der Waals surface area contributed by atoms with Gasteiger partial charge >= 0.3 is 5.97 Å². The summed E-state index contributed by atoms with van der Waals surface area (Å²) in [6.07, 6.45) is 4.37. The molecule has 0 aromatic heterocycles. The van der Waals surface area contributed by atoms with Crippen LogP contribution in [0.3, 0.4) is 0 Å². The Labute approximate surface area is 178 Å². The molecule has 0 saturated carbocycles. The first kappa shape index (κ1) is 22.7. The summed E-state index contributed by atoms with van der Waals surface area (Å²) in [6.45, 7) is 8.27. The third kappa shape index (κ3) is 5.06. The molecule has 1 aliphatic rings. The maximum absolute atomic E-state index is 11.3. The lowest BCUT2D eigenvalue weighted by atomic mass is 9.95. The molecule has 2 aromatic carbocycles. The summed E-state index contributed by atoms with van der Waals surface area (Å²) < 4.78 is 5.47.